The summed E-state index contributed by atoms with van der Waals surface area (Å²) in [6.07, 6.45) is 8.48. The minimum atomic E-state index is -0.124. The second-order valence-electron chi connectivity index (χ2n) is 8.39. The van der Waals surface area contributed by atoms with Crippen molar-refractivity contribution in [3.63, 3.8) is 0 Å². The molecule has 24 heavy (non-hydrogen) atoms. The summed E-state index contributed by atoms with van der Waals surface area (Å²) in [6.45, 7) is 10.5. The van der Waals surface area contributed by atoms with E-state index in [2.05, 4.69) is 27.7 Å². The fourth-order valence-corrected chi connectivity index (χ4v) is 2.88. The maximum Gasteiger partial charge on any atom is 0.308 e. The lowest BCUT2D eigenvalue weighted by molar-refractivity contribution is -0.160. The van der Waals surface area contributed by atoms with E-state index < -0.39 is 0 Å². The van der Waals surface area contributed by atoms with Gasteiger partial charge in [0.25, 0.3) is 0 Å². The first-order valence-corrected chi connectivity index (χ1v) is 9.24. The van der Waals surface area contributed by atoms with Gasteiger partial charge in [0.15, 0.2) is 0 Å². The summed E-state index contributed by atoms with van der Waals surface area (Å²) in [5.74, 6) is 0.355. The zero-order chi connectivity index (χ0) is 18.3. The van der Waals surface area contributed by atoms with Crippen LogP contribution in [0.15, 0.2) is 12.3 Å². The van der Waals surface area contributed by atoms with E-state index >= 15 is 0 Å². The van der Waals surface area contributed by atoms with Gasteiger partial charge in [-0.25, -0.2) is 0 Å². The molecular weight excluding hydrogens is 302 g/mol. The Balaban J connectivity index is 2.86. The lowest BCUT2D eigenvalue weighted by atomic mass is 9.82. The molecule has 0 aromatic carbocycles. The van der Waals surface area contributed by atoms with E-state index in [1.165, 1.54) is 0 Å². The third-order valence-corrected chi connectivity index (χ3v) is 4.82. The highest BCUT2D eigenvalue weighted by Crippen LogP contribution is 2.30. The number of nitrogens with zero attached hydrogens (tertiary/aromatic N) is 1. The van der Waals surface area contributed by atoms with E-state index in [0.717, 1.165) is 32.1 Å². The van der Waals surface area contributed by atoms with Crippen LogP contribution in [0.1, 0.15) is 73.1 Å². The first-order chi connectivity index (χ1) is 11.1. The Bertz CT molecular complexity index is 450. The van der Waals surface area contributed by atoms with Gasteiger partial charge < -0.3 is 9.64 Å². The van der Waals surface area contributed by atoms with Gasteiger partial charge in [-0.3, -0.25) is 9.59 Å². The molecular formula is C20H35NO3. The third kappa shape index (κ3) is 7.06. The van der Waals surface area contributed by atoms with Gasteiger partial charge in [-0.15, -0.1) is 0 Å². The van der Waals surface area contributed by atoms with E-state index in [-0.39, 0.29) is 29.3 Å². The molecule has 1 amide bonds. The lowest BCUT2D eigenvalue weighted by Crippen LogP contribution is -2.35. The number of cyclic esters (lactones) is 1. The molecule has 0 aromatic heterocycles. The standard InChI is InChI=1S/C20H35NO3/c1-15-10-9-12-18(22)21(6)13-8-7-11-16(2)19(23)24-17(14-15)20(3,4)5/h8,13,15-17H,7,9-12,14H2,1-6H3/b13-8-/t15-,16-,17-/m1/s1. The topological polar surface area (TPSA) is 46.6 Å². The molecule has 0 N–H and O–H groups in total. The van der Waals surface area contributed by atoms with Crippen molar-refractivity contribution in [3.05, 3.63) is 12.3 Å². The number of ether oxygens (including phenoxy) is 1. The van der Waals surface area contributed by atoms with Crippen molar-refractivity contribution in [2.45, 2.75) is 79.2 Å². The predicted molar refractivity (Wildman–Crippen MR) is 97.3 cm³/mol. The van der Waals surface area contributed by atoms with Crippen LogP contribution in [0.2, 0.25) is 0 Å². The second-order valence-corrected chi connectivity index (χ2v) is 8.39. The first kappa shape index (κ1) is 20.7. The van der Waals surface area contributed by atoms with Crippen LogP contribution in [0.4, 0.5) is 0 Å². The average molecular weight is 338 g/mol. The van der Waals surface area contributed by atoms with E-state index in [9.17, 15) is 9.59 Å². The van der Waals surface area contributed by atoms with Crippen LogP contribution in [0.25, 0.3) is 0 Å². The highest BCUT2D eigenvalue weighted by Gasteiger charge is 2.31. The zero-order valence-electron chi connectivity index (χ0n) is 16.3. The molecule has 1 aliphatic heterocycles. The van der Waals surface area contributed by atoms with Gasteiger partial charge in [-0.2, -0.15) is 0 Å². The molecule has 0 aromatic rings. The minimum absolute atomic E-state index is 0.0759. The van der Waals surface area contributed by atoms with Crippen LogP contribution in [0.3, 0.4) is 0 Å². The molecule has 0 radical (unpaired) electrons. The van der Waals surface area contributed by atoms with Crippen molar-refractivity contribution in [1.29, 1.82) is 0 Å². The van der Waals surface area contributed by atoms with Crippen LogP contribution < -0.4 is 0 Å². The monoisotopic (exact) mass is 337 g/mol. The average Bonchev–Trinajstić information content (AvgIpc) is 2.48. The summed E-state index contributed by atoms with van der Waals surface area (Å²) in [4.78, 5) is 26.2. The van der Waals surface area contributed by atoms with Crippen molar-refractivity contribution in [1.82, 2.24) is 4.90 Å². The predicted octanol–water partition coefficient (Wildman–Crippen LogP) is 4.54. The molecule has 4 nitrogen and oxygen atoms in total. The van der Waals surface area contributed by atoms with Crippen molar-refractivity contribution < 1.29 is 14.3 Å². The molecule has 0 unspecified atom stereocenters. The quantitative estimate of drug-likeness (QED) is 0.610. The SMILES string of the molecule is C[C@@H]1CCCC(=O)N(C)/C=C\CC[C@@H](C)C(=O)O[C@@H](C(C)(C)C)C1. The van der Waals surface area contributed by atoms with Crippen molar-refractivity contribution in [3.8, 4) is 0 Å². The molecule has 0 saturated carbocycles. The summed E-state index contributed by atoms with van der Waals surface area (Å²) >= 11 is 0. The number of rotatable bonds is 0. The van der Waals surface area contributed by atoms with Crippen LogP contribution in [0.5, 0.6) is 0 Å². The maximum atomic E-state index is 12.4. The second kappa shape index (κ2) is 9.24. The zero-order valence-corrected chi connectivity index (χ0v) is 16.3. The Morgan fingerprint density at radius 3 is 2.46 bits per heavy atom. The number of allylic oxidation sites excluding steroid dienone is 1. The van der Waals surface area contributed by atoms with Crippen LogP contribution in [-0.4, -0.2) is 29.9 Å². The summed E-state index contributed by atoms with van der Waals surface area (Å²) < 4.78 is 5.88. The first-order valence-electron chi connectivity index (χ1n) is 9.24. The van der Waals surface area contributed by atoms with Crippen LogP contribution in [0, 0.1) is 17.3 Å². The Labute approximate surface area is 147 Å². The fourth-order valence-electron chi connectivity index (χ4n) is 2.88. The van der Waals surface area contributed by atoms with Gasteiger partial charge in [0.2, 0.25) is 5.91 Å². The number of amides is 1. The highest BCUT2D eigenvalue weighted by atomic mass is 16.5. The number of carbonyl (C=O) groups excluding carboxylic acids is 2. The number of carbonyl (C=O) groups is 2. The van der Waals surface area contributed by atoms with Gasteiger partial charge in [-0.05, 0) is 37.0 Å². The minimum Gasteiger partial charge on any atom is -0.462 e. The summed E-state index contributed by atoms with van der Waals surface area (Å²) in [7, 11) is 1.80. The Kier molecular flexibility index (Phi) is 7.98. The van der Waals surface area contributed by atoms with Crippen molar-refractivity contribution in [2.24, 2.45) is 17.3 Å². The van der Waals surface area contributed by atoms with Gasteiger partial charge in [-0.1, -0.05) is 47.1 Å². The molecule has 1 rings (SSSR count). The molecule has 0 spiro atoms. The maximum absolute atomic E-state index is 12.4. The summed E-state index contributed by atoms with van der Waals surface area (Å²) in [5.41, 5.74) is -0.0759. The summed E-state index contributed by atoms with van der Waals surface area (Å²) in [5, 5.41) is 0. The largest absolute Gasteiger partial charge is 0.462 e. The van der Waals surface area contributed by atoms with Gasteiger partial charge in [0, 0.05) is 19.7 Å². The van der Waals surface area contributed by atoms with E-state index in [1.807, 2.05) is 19.2 Å². The molecule has 0 fully saturated rings. The van der Waals surface area contributed by atoms with E-state index in [4.69, 9.17) is 4.74 Å². The molecule has 0 saturated heterocycles. The number of esters is 1. The number of hydrogen-bond donors (Lipinski definition) is 0. The molecule has 1 aliphatic rings. The molecule has 0 aliphatic carbocycles. The Morgan fingerprint density at radius 2 is 1.83 bits per heavy atom. The highest BCUT2D eigenvalue weighted by molar-refractivity contribution is 5.76. The molecule has 138 valence electrons. The van der Waals surface area contributed by atoms with Crippen LogP contribution in [-0.2, 0) is 14.3 Å². The fraction of sp³-hybridized carbons (Fsp3) is 0.800. The smallest absolute Gasteiger partial charge is 0.308 e. The Hall–Kier alpha value is -1.32. The van der Waals surface area contributed by atoms with E-state index in [1.54, 1.807) is 11.9 Å². The van der Waals surface area contributed by atoms with Crippen molar-refractivity contribution in [2.75, 3.05) is 7.05 Å². The number of hydrogen-bond acceptors (Lipinski definition) is 3. The normalized spacial score (nSPS) is 30.2. The molecule has 4 heteroatoms. The Morgan fingerprint density at radius 1 is 1.17 bits per heavy atom. The molecule has 0 bridgehead atoms. The third-order valence-electron chi connectivity index (χ3n) is 4.82. The van der Waals surface area contributed by atoms with Crippen LogP contribution >= 0.6 is 0 Å². The molecule has 3 atom stereocenters. The molecule has 1 heterocycles. The summed E-state index contributed by atoms with van der Waals surface area (Å²) in [6, 6.07) is 0. The van der Waals surface area contributed by atoms with E-state index in [0.29, 0.717) is 12.3 Å². The van der Waals surface area contributed by atoms with Gasteiger partial charge in [0.1, 0.15) is 6.10 Å². The van der Waals surface area contributed by atoms with Gasteiger partial charge >= 0.3 is 5.97 Å². The van der Waals surface area contributed by atoms with Gasteiger partial charge in [0.05, 0.1) is 5.92 Å². The lowest BCUT2D eigenvalue weighted by Gasteiger charge is -2.33. The van der Waals surface area contributed by atoms with Crippen molar-refractivity contribution >= 4 is 11.9 Å².